The molecule has 1 aromatic heterocycles. The largest absolute Gasteiger partial charge is 0.454 e. The van der Waals surface area contributed by atoms with E-state index in [1.807, 2.05) is 35.0 Å². The van der Waals surface area contributed by atoms with Crippen LogP contribution in [0, 0.1) is 0 Å². The molecule has 2 aliphatic heterocycles. The molecule has 0 aliphatic carbocycles. The van der Waals surface area contributed by atoms with Gasteiger partial charge in [0, 0.05) is 18.4 Å². The molecule has 0 radical (unpaired) electrons. The van der Waals surface area contributed by atoms with E-state index >= 15 is 0 Å². The van der Waals surface area contributed by atoms with Crippen LogP contribution < -0.4 is 14.8 Å². The molecule has 0 saturated carbocycles. The van der Waals surface area contributed by atoms with Crippen LogP contribution in [0.15, 0.2) is 54.7 Å². The zero-order valence-electron chi connectivity index (χ0n) is 14.1. The number of rotatable bonds is 1. The molecule has 1 atom stereocenters. The first-order valence-electron chi connectivity index (χ1n) is 8.52. The van der Waals surface area contributed by atoms with Crippen LogP contribution in [0.25, 0.3) is 5.69 Å². The topological polar surface area (TPSA) is 35.4 Å². The molecule has 3 heterocycles. The van der Waals surface area contributed by atoms with E-state index in [9.17, 15) is 13.2 Å². The van der Waals surface area contributed by atoms with Crippen molar-refractivity contribution in [2.75, 3.05) is 6.79 Å². The average Bonchev–Trinajstić information content (AvgIpc) is 3.28. The number of hydrogen-bond donors (Lipinski definition) is 1. The van der Waals surface area contributed by atoms with E-state index in [-0.39, 0.29) is 12.8 Å². The van der Waals surface area contributed by atoms with Gasteiger partial charge in [0.2, 0.25) is 6.79 Å². The van der Waals surface area contributed by atoms with E-state index in [4.69, 9.17) is 9.47 Å². The molecule has 138 valence electrons. The zero-order valence-corrected chi connectivity index (χ0v) is 14.1. The van der Waals surface area contributed by atoms with Crippen molar-refractivity contribution in [1.82, 2.24) is 9.88 Å². The lowest BCUT2D eigenvalue weighted by atomic mass is 10.0. The number of fused-ring (bicyclic) bond motifs is 5. The Balaban J connectivity index is 1.60. The Morgan fingerprint density at radius 1 is 1.00 bits per heavy atom. The molecule has 2 aliphatic rings. The first-order chi connectivity index (χ1) is 13.0. The van der Waals surface area contributed by atoms with Crippen molar-refractivity contribution in [3.63, 3.8) is 0 Å². The first kappa shape index (κ1) is 16.3. The summed E-state index contributed by atoms with van der Waals surface area (Å²) in [5.41, 5.74) is 2.99. The molecule has 1 N–H and O–H groups in total. The summed E-state index contributed by atoms with van der Waals surface area (Å²) in [6, 6.07) is 12.8. The van der Waals surface area contributed by atoms with Gasteiger partial charge in [-0.2, -0.15) is 13.2 Å². The quantitative estimate of drug-likeness (QED) is 0.687. The van der Waals surface area contributed by atoms with Gasteiger partial charge in [-0.3, -0.25) is 0 Å². The second-order valence-electron chi connectivity index (χ2n) is 6.54. The molecule has 0 bridgehead atoms. The van der Waals surface area contributed by atoms with Gasteiger partial charge in [0.25, 0.3) is 0 Å². The Morgan fingerprint density at radius 3 is 2.59 bits per heavy atom. The molecule has 0 saturated heterocycles. The van der Waals surface area contributed by atoms with Gasteiger partial charge in [0.05, 0.1) is 17.3 Å². The number of hydrogen-bond acceptors (Lipinski definition) is 3. The smallest absolute Gasteiger partial charge is 0.416 e. The number of ether oxygens (including phenoxy) is 2. The van der Waals surface area contributed by atoms with Crippen LogP contribution in [0.5, 0.6) is 11.5 Å². The Bertz CT molecular complexity index is 1010. The summed E-state index contributed by atoms with van der Waals surface area (Å²) >= 11 is 0. The molecule has 0 amide bonds. The highest BCUT2D eigenvalue weighted by Gasteiger charge is 2.32. The summed E-state index contributed by atoms with van der Waals surface area (Å²) in [5, 5.41) is 3.45. The second-order valence-corrected chi connectivity index (χ2v) is 6.54. The maximum Gasteiger partial charge on any atom is 0.416 e. The van der Waals surface area contributed by atoms with Crippen LogP contribution in [-0.2, 0) is 12.7 Å². The van der Waals surface area contributed by atoms with E-state index in [2.05, 4.69) is 5.32 Å². The third-order valence-electron chi connectivity index (χ3n) is 4.98. The van der Waals surface area contributed by atoms with Gasteiger partial charge in [-0.05, 0) is 41.5 Å². The summed E-state index contributed by atoms with van der Waals surface area (Å²) < 4.78 is 51.8. The molecule has 5 rings (SSSR count). The number of halogens is 3. The predicted molar refractivity (Wildman–Crippen MR) is 92.0 cm³/mol. The maximum absolute atomic E-state index is 12.9. The number of alkyl halides is 3. The monoisotopic (exact) mass is 372 g/mol. The average molecular weight is 372 g/mol. The van der Waals surface area contributed by atoms with Gasteiger partial charge in [-0.1, -0.05) is 18.2 Å². The van der Waals surface area contributed by atoms with Crippen LogP contribution in [0.3, 0.4) is 0 Å². The second kappa shape index (κ2) is 5.79. The van der Waals surface area contributed by atoms with Crippen LogP contribution in [0.1, 0.15) is 28.4 Å². The highest BCUT2D eigenvalue weighted by Crippen LogP contribution is 2.43. The molecule has 7 heteroatoms. The van der Waals surface area contributed by atoms with Crippen molar-refractivity contribution < 1.29 is 22.6 Å². The summed E-state index contributed by atoms with van der Waals surface area (Å²) in [5.74, 6) is 1.39. The van der Waals surface area contributed by atoms with Gasteiger partial charge >= 0.3 is 6.18 Å². The predicted octanol–water partition coefficient (Wildman–Crippen LogP) is 4.42. The SMILES string of the molecule is FC(F)(F)c1ccc(C2NCc3ccc4c(c3-n3cccc32)OCO4)cc1. The van der Waals surface area contributed by atoms with Crippen molar-refractivity contribution in [2.45, 2.75) is 18.8 Å². The van der Waals surface area contributed by atoms with Gasteiger partial charge in [0.15, 0.2) is 11.5 Å². The number of aromatic nitrogens is 1. The first-order valence-corrected chi connectivity index (χ1v) is 8.52. The molecule has 27 heavy (non-hydrogen) atoms. The third kappa shape index (κ3) is 2.57. The van der Waals surface area contributed by atoms with E-state index in [1.54, 1.807) is 0 Å². The molecule has 3 aromatic rings. The van der Waals surface area contributed by atoms with Crippen molar-refractivity contribution in [3.8, 4) is 17.2 Å². The normalized spacial score (nSPS) is 18.0. The van der Waals surface area contributed by atoms with Gasteiger partial charge in [-0.15, -0.1) is 0 Å². The summed E-state index contributed by atoms with van der Waals surface area (Å²) in [6.07, 6.45) is -2.41. The molecule has 4 nitrogen and oxygen atoms in total. The number of nitrogens with zero attached hydrogens (tertiary/aromatic N) is 1. The van der Waals surface area contributed by atoms with Crippen molar-refractivity contribution in [3.05, 3.63) is 77.1 Å². The highest BCUT2D eigenvalue weighted by atomic mass is 19.4. The van der Waals surface area contributed by atoms with Crippen molar-refractivity contribution in [2.24, 2.45) is 0 Å². The minimum absolute atomic E-state index is 0.179. The van der Waals surface area contributed by atoms with Gasteiger partial charge in [-0.25, -0.2) is 0 Å². The lowest BCUT2D eigenvalue weighted by molar-refractivity contribution is -0.137. The highest BCUT2D eigenvalue weighted by molar-refractivity contribution is 5.63. The van der Waals surface area contributed by atoms with E-state index in [1.165, 1.54) is 12.1 Å². The fraction of sp³-hybridized carbons (Fsp3) is 0.200. The Morgan fingerprint density at radius 2 is 1.81 bits per heavy atom. The minimum Gasteiger partial charge on any atom is -0.454 e. The minimum atomic E-state index is -4.34. The molecule has 1 unspecified atom stereocenters. The van der Waals surface area contributed by atoms with E-state index < -0.39 is 11.7 Å². The zero-order chi connectivity index (χ0) is 18.6. The lowest BCUT2D eigenvalue weighted by Crippen LogP contribution is -2.21. The van der Waals surface area contributed by atoms with E-state index in [0.29, 0.717) is 18.0 Å². The standard InChI is InChI=1S/C20H15F3N2O2/c21-20(22,23)14-6-3-12(4-7-14)17-15-2-1-9-25(15)18-13(10-24-17)5-8-16-19(18)27-11-26-16/h1-9,17,24H,10-11H2. The molecule has 0 spiro atoms. The maximum atomic E-state index is 12.9. The van der Waals surface area contributed by atoms with Crippen molar-refractivity contribution in [1.29, 1.82) is 0 Å². The third-order valence-corrected chi connectivity index (χ3v) is 4.98. The fourth-order valence-electron chi connectivity index (χ4n) is 3.71. The number of benzene rings is 2. The Hall–Kier alpha value is -2.93. The summed E-state index contributed by atoms with van der Waals surface area (Å²) in [7, 11) is 0. The van der Waals surface area contributed by atoms with Crippen LogP contribution in [-0.4, -0.2) is 11.4 Å². The van der Waals surface area contributed by atoms with E-state index in [0.717, 1.165) is 34.6 Å². The molecular weight excluding hydrogens is 357 g/mol. The van der Waals surface area contributed by atoms with Gasteiger partial charge in [0.1, 0.15) is 0 Å². The van der Waals surface area contributed by atoms with Crippen molar-refractivity contribution >= 4 is 0 Å². The lowest BCUT2D eigenvalue weighted by Gasteiger charge is -2.19. The summed E-state index contributed by atoms with van der Waals surface area (Å²) in [6.45, 7) is 0.734. The van der Waals surface area contributed by atoms with Crippen LogP contribution in [0.2, 0.25) is 0 Å². The van der Waals surface area contributed by atoms with Crippen LogP contribution in [0.4, 0.5) is 13.2 Å². The Labute approximate surface area is 153 Å². The molecular formula is C20H15F3N2O2. The fourth-order valence-corrected chi connectivity index (χ4v) is 3.71. The molecule has 0 fully saturated rings. The van der Waals surface area contributed by atoms with Gasteiger partial charge < -0.3 is 19.4 Å². The van der Waals surface area contributed by atoms with Crippen LogP contribution >= 0.6 is 0 Å². The number of nitrogens with one attached hydrogen (secondary N) is 1. The summed E-state index contributed by atoms with van der Waals surface area (Å²) in [4.78, 5) is 0. The Kier molecular flexibility index (Phi) is 3.48. The molecule has 2 aromatic carbocycles.